The molecule has 0 fully saturated rings. The number of carbonyl (C=O) groups is 2. The zero-order valence-corrected chi connectivity index (χ0v) is 7.87. The highest BCUT2D eigenvalue weighted by Crippen LogP contribution is 1.96. The fraction of sp³-hybridized carbons (Fsp3) is 0.556. The first kappa shape index (κ1) is 11.8. The molecule has 0 heterocycles. The van der Waals surface area contributed by atoms with Crippen LogP contribution in [-0.2, 0) is 14.3 Å². The molecule has 0 aromatic carbocycles. The van der Waals surface area contributed by atoms with Crippen molar-refractivity contribution in [3.05, 3.63) is 12.2 Å². The summed E-state index contributed by atoms with van der Waals surface area (Å²) < 4.78 is 4.57. The third kappa shape index (κ3) is 5.14. The highest BCUT2D eigenvalue weighted by molar-refractivity contribution is 5.94. The van der Waals surface area contributed by atoms with Crippen LogP contribution < -0.4 is 0 Å². The van der Waals surface area contributed by atoms with E-state index >= 15 is 0 Å². The molecule has 0 aliphatic carbocycles. The molecule has 0 radical (unpaired) electrons. The number of allylic oxidation sites excluding steroid dienone is 1. The average molecular weight is 186 g/mol. The largest absolute Gasteiger partial charge is 0.463 e. The molecule has 0 aromatic heterocycles. The van der Waals surface area contributed by atoms with Gasteiger partial charge in [0.1, 0.15) is 6.10 Å². The maximum absolute atomic E-state index is 10.9. The molecule has 0 rings (SSSR count). The van der Waals surface area contributed by atoms with Crippen molar-refractivity contribution in [2.75, 3.05) is 6.61 Å². The molecular weight excluding hydrogens is 172 g/mol. The van der Waals surface area contributed by atoms with Gasteiger partial charge in [-0.3, -0.25) is 4.79 Å². The minimum atomic E-state index is -1.14. The molecule has 1 N–H and O–H groups in total. The van der Waals surface area contributed by atoms with Crippen molar-refractivity contribution in [3.8, 4) is 0 Å². The Kier molecular flexibility index (Phi) is 4.99. The minimum absolute atomic E-state index is 0.00454. The zero-order chi connectivity index (χ0) is 10.4. The van der Waals surface area contributed by atoms with Crippen LogP contribution in [0.25, 0.3) is 0 Å². The Morgan fingerprint density at radius 1 is 1.54 bits per heavy atom. The number of rotatable bonds is 5. The van der Waals surface area contributed by atoms with Crippen LogP contribution in [0.15, 0.2) is 12.2 Å². The first-order chi connectivity index (χ1) is 5.95. The smallest absolute Gasteiger partial charge is 0.334 e. The lowest BCUT2D eigenvalue weighted by Gasteiger charge is -2.05. The van der Waals surface area contributed by atoms with Gasteiger partial charge in [0, 0.05) is 6.42 Å². The van der Waals surface area contributed by atoms with E-state index in [9.17, 15) is 9.59 Å². The van der Waals surface area contributed by atoms with Crippen LogP contribution in [-0.4, -0.2) is 29.6 Å². The molecule has 1 atom stereocenters. The molecule has 0 amide bonds. The van der Waals surface area contributed by atoms with Crippen molar-refractivity contribution in [1.29, 1.82) is 0 Å². The summed E-state index contributed by atoms with van der Waals surface area (Å²) in [5, 5.41) is 8.72. The first-order valence-electron chi connectivity index (χ1n) is 3.98. The Hall–Kier alpha value is -1.16. The van der Waals surface area contributed by atoms with Crippen molar-refractivity contribution >= 4 is 11.8 Å². The molecule has 0 aliphatic heterocycles. The summed E-state index contributed by atoms with van der Waals surface area (Å²) in [6.45, 7) is 6.35. The molecular formula is C9H14O4. The molecule has 0 saturated carbocycles. The van der Waals surface area contributed by atoms with E-state index in [1.807, 2.05) is 0 Å². The Morgan fingerprint density at radius 3 is 2.46 bits per heavy atom. The van der Waals surface area contributed by atoms with E-state index in [0.717, 1.165) is 0 Å². The lowest BCUT2D eigenvalue weighted by atomic mass is 10.2. The van der Waals surface area contributed by atoms with E-state index in [2.05, 4.69) is 11.3 Å². The number of carbonyl (C=O) groups excluding carboxylic acids is 2. The number of aliphatic hydroxyl groups excluding tert-OH is 1. The van der Waals surface area contributed by atoms with Crippen molar-refractivity contribution in [1.82, 2.24) is 0 Å². The summed E-state index contributed by atoms with van der Waals surface area (Å²) in [5.41, 5.74) is 0.438. The molecule has 0 spiro atoms. The second-order valence-electron chi connectivity index (χ2n) is 2.80. The lowest BCUT2D eigenvalue weighted by Crippen LogP contribution is -2.20. The van der Waals surface area contributed by atoms with E-state index < -0.39 is 12.1 Å². The highest BCUT2D eigenvalue weighted by atomic mass is 16.5. The van der Waals surface area contributed by atoms with Gasteiger partial charge in [0.05, 0.1) is 6.61 Å². The predicted molar refractivity (Wildman–Crippen MR) is 47.1 cm³/mol. The topological polar surface area (TPSA) is 63.6 Å². The molecule has 0 saturated heterocycles. The molecule has 1 unspecified atom stereocenters. The van der Waals surface area contributed by atoms with Gasteiger partial charge in [0.15, 0.2) is 5.78 Å². The summed E-state index contributed by atoms with van der Waals surface area (Å²) in [4.78, 5) is 21.6. The molecule has 13 heavy (non-hydrogen) atoms. The third-order valence-electron chi connectivity index (χ3n) is 1.39. The minimum Gasteiger partial charge on any atom is -0.463 e. The fourth-order valence-corrected chi connectivity index (χ4v) is 0.578. The van der Waals surface area contributed by atoms with Crippen molar-refractivity contribution in [3.63, 3.8) is 0 Å². The normalized spacial score (nSPS) is 11.9. The van der Waals surface area contributed by atoms with Gasteiger partial charge in [0.25, 0.3) is 0 Å². The van der Waals surface area contributed by atoms with Gasteiger partial charge < -0.3 is 9.84 Å². The second-order valence-corrected chi connectivity index (χ2v) is 2.80. The van der Waals surface area contributed by atoms with E-state index in [1.54, 1.807) is 6.92 Å². The molecule has 0 aromatic rings. The van der Waals surface area contributed by atoms with Crippen LogP contribution in [0.2, 0.25) is 0 Å². The maximum Gasteiger partial charge on any atom is 0.334 e. The zero-order valence-electron chi connectivity index (χ0n) is 7.87. The number of aliphatic hydroxyl groups is 1. The monoisotopic (exact) mass is 186 g/mol. The summed E-state index contributed by atoms with van der Waals surface area (Å²) in [7, 11) is 0. The van der Waals surface area contributed by atoms with Gasteiger partial charge in [-0.25, -0.2) is 4.79 Å². The molecule has 0 aliphatic rings. The summed E-state index contributed by atoms with van der Waals surface area (Å²) in [6.07, 6.45) is -1.02. The van der Waals surface area contributed by atoms with Gasteiger partial charge in [-0.1, -0.05) is 6.58 Å². The van der Waals surface area contributed by atoms with E-state index in [4.69, 9.17) is 5.11 Å². The third-order valence-corrected chi connectivity index (χ3v) is 1.39. The van der Waals surface area contributed by atoms with Crippen LogP contribution in [0.1, 0.15) is 20.3 Å². The van der Waals surface area contributed by atoms with Crippen LogP contribution in [0.4, 0.5) is 0 Å². The second kappa shape index (κ2) is 5.48. The van der Waals surface area contributed by atoms with Gasteiger partial charge in [-0.05, 0) is 19.4 Å². The average Bonchev–Trinajstić information content (AvgIpc) is 2.03. The standard InChI is InChI=1S/C9H14O4/c1-6(2)8(11)4-5-13-9(12)7(3)10/h7,10H,1,4-5H2,2-3H3. The first-order valence-corrected chi connectivity index (χ1v) is 3.98. The summed E-state index contributed by atoms with van der Waals surface area (Å²) >= 11 is 0. The Morgan fingerprint density at radius 2 is 2.08 bits per heavy atom. The Bertz CT molecular complexity index is 218. The lowest BCUT2D eigenvalue weighted by molar-refractivity contribution is -0.152. The van der Waals surface area contributed by atoms with Crippen molar-refractivity contribution in [2.45, 2.75) is 26.4 Å². The highest BCUT2D eigenvalue weighted by Gasteiger charge is 2.10. The number of Topliss-reactive ketones (excluding diaryl/α,β-unsaturated/α-hetero) is 1. The Labute approximate surface area is 77.2 Å². The SMILES string of the molecule is C=C(C)C(=O)CCOC(=O)C(C)O. The van der Waals surface area contributed by atoms with Gasteiger partial charge in [-0.15, -0.1) is 0 Å². The molecule has 4 nitrogen and oxygen atoms in total. The fourth-order valence-electron chi connectivity index (χ4n) is 0.578. The van der Waals surface area contributed by atoms with E-state index in [-0.39, 0.29) is 18.8 Å². The predicted octanol–water partition coefficient (Wildman–Crippen LogP) is 0.446. The Balaban J connectivity index is 3.63. The van der Waals surface area contributed by atoms with Gasteiger partial charge >= 0.3 is 5.97 Å². The van der Waals surface area contributed by atoms with Crippen molar-refractivity contribution in [2.24, 2.45) is 0 Å². The molecule has 74 valence electrons. The van der Waals surface area contributed by atoms with Gasteiger partial charge in [0.2, 0.25) is 0 Å². The van der Waals surface area contributed by atoms with Crippen LogP contribution in [0.3, 0.4) is 0 Å². The van der Waals surface area contributed by atoms with Crippen molar-refractivity contribution < 1.29 is 19.4 Å². The van der Waals surface area contributed by atoms with Crippen LogP contribution in [0, 0.1) is 0 Å². The van der Waals surface area contributed by atoms with Crippen LogP contribution in [0.5, 0.6) is 0 Å². The number of ketones is 1. The summed E-state index contributed by atoms with van der Waals surface area (Å²) in [5.74, 6) is -0.854. The molecule has 0 bridgehead atoms. The number of hydrogen-bond donors (Lipinski definition) is 1. The van der Waals surface area contributed by atoms with E-state index in [1.165, 1.54) is 6.92 Å². The number of ether oxygens (including phenoxy) is 1. The maximum atomic E-state index is 10.9. The number of esters is 1. The molecule has 4 heteroatoms. The van der Waals surface area contributed by atoms with Gasteiger partial charge in [-0.2, -0.15) is 0 Å². The number of hydrogen-bond acceptors (Lipinski definition) is 4. The quantitative estimate of drug-likeness (QED) is 0.500. The summed E-state index contributed by atoms with van der Waals surface area (Å²) in [6, 6.07) is 0. The van der Waals surface area contributed by atoms with E-state index in [0.29, 0.717) is 5.57 Å². The van der Waals surface area contributed by atoms with Crippen LogP contribution >= 0.6 is 0 Å².